The number of rotatable bonds is 7. The Balaban J connectivity index is 1.76. The predicted octanol–water partition coefficient (Wildman–Crippen LogP) is 4.99. The highest BCUT2D eigenvalue weighted by atomic mass is 19.1. The summed E-state index contributed by atoms with van der Waals surface area (Å²) in [5, 5.41) is 3.19. The summed E-state index contributed by atoms with van der Waals surface area (Å²) in [5.41, 5.74) is 3.32. The van der Waals surface area contributed by atoms with Crippen LogP contribution in [-0.4, -0.2) is 28.5 Å². The molecule has 7 heteroatoms. The summed E-state index contributed by atoms with van der Waals surface area (Å²) in [6, 6.07) is 18.5. The van der Waals surface area contributed by atoms with Gasteiger partial charge in [-0.1, -0.05) is 29.8 Å². The summed E-state index contributed by atoms with van der Waals surface area (Å²) >= 11 is 0. The molecular weight excluding hydrogens is 431 g/mol. The number of fused-ring (bicyclic) bond motifs is 1. The van der Waals surface area contributed by atoms with Crippen molar-refractivity contribution in [1.29, 1.82) is 0 Å². The first-order chi connectivity index (χ1) is 16.4. The molecule has 0 aliphatic carbocycles. The summed E-state index contributed by atoms with van der Waals surface area (Å²) < 4.78 is 14.8. The van der Waals surface area contributed by atoms with Crippen LogP contribution >= 0.6 is 0 Å². The minimum atomic E-state index is -0.376. The highest BCUT2D eigenvalue weighted by Gasteiger charge is 2.17. The maximum Gasteiger partial charge on any atom is 0.263 e. The predicted molar refractivity (Wildman–Crippen MR) is 134 cm³/mol. The van der Waals surface area contributed by atoms with E-state index in [1.165, 1.54) is 24.3 Å². The van der Waals surface area contributed by atoms with Crippen molar-refractivity contribution < 1.29 is 9.18 Å². The summed E-state index contributed by atoms with van der Waals surface area (Å²) in [5.74, 6) is -0.165. The van der Waals surface area contributed by atoms with Crippen molar-refractivity contribution in [1.82, 2.24) is 9.55 Å². The van der Waals surface area contributed by atoms with Crippen LogP contribution < -0.4 is 15.8 Å². The third-order valence-corrected chi connectivity index (χ3v) is 5.81. The summed E-state index contributed by atoms with van der Waals surface area (Å²) in [4.78, 5) is 33.1. The number of benzene rings is 3. The minimum absolute atomic E-state index is 0.155. The smallest absolute Gasteiger partial charge is 0.263 e. The molecule has 0 aliphatic heterocycles. The zero-order valence-electron chi connectivity index (χ0n) is 19.5. The van der Waals surface area contributed by atoms with Crippen LogP contribution in [0, 0.1) is 12.7 Å². The fraction of sp³-hybridized carbons (Fsp3) is 0.222. The molecule has 1 heterocycles. The topological polar surface area (TPSA) is 67.2 Å². The largest absolute Gasteiger partial charge is 0.343 e. The van der Waals surface area contributed by atoms with E-state index in [0.29, 0.717) is 47.7 Å². The second-order valence-electron chi connectivity index (χ2n) is 8.15. The van der Waals surface area contributed by atoms with E-state index in [1.807, 2.05) is 49.9 Å². The van der Waals surface area contributed by atoms with Crippen molar-refractivity contribution in [2.24, 2.45) is 0 Å². The third-order valence-electron chi connectivity index (χ3n) is 5.81. The van der Waals surface area contributed by atoms with Crippen LogP contribution in [0.1, 0.15) is 35.3 Å². The maximum atomic E-state index is 13.5. The standard InChI is InChI=1S/C27H27FN4O2/c1-4-31(5-2)27-30-24-16-20(25(33)29-22-13-11-21(28)12-14-22)10-15-23(24)26(34)32(27)17-19-8-6-18(3)7-9-19/h6-16H,4-5,17H2,1-3H3,(H,29,33). The molecule has 0 bridgehead atoms. The summed E-state index contributed by atoms with van der Waals surface area (Å²) in [6.07, 6.45) is 0. The van der Waals surface area contributed by atoms with E-state index in [0.717, 1.165) is 11.1 Å². The van der Waals surface area contributed by atoms with Gasteiger partial charge in [0.25, 0.3) is 11.5 Å². The SMILES string of the molecule is CCN(CC)c1nc2cc(C(=O)Nc3ccc(F)cc3)ccc2c(=O)n1Cc1ccc(C)cc1. The molecule has 6 nitrogen and oxygen atoms in total. The number of anilines is 2. The van der Waals surface area contributed by atoms with E-state index >= 15 is 0 Å². The molecule has 4 aromatic rings. The second-order valence-corrected chi connectivity index (χ2v) is 8.15. The second kappa shape index (κ2) is 9.87. The lowest BCUT2D eigenvalue weighted by Crippen LogP contribution is -2.33. The number of hydrogen-bond acceptors (Lipinski definition) is 4. The van der Waals surface area contributed by atoms with Crippen molar-refractivity contribution in [3.05, 3.63) is 99.6 Å². The molecule has 1 aromatic heterocycles. The molecule has 0 saturated carbocycles. The molecule has 4 rings (SSSR count). The number of hydrogen-bond donors (Lipinski definition) is 1. The average Bonchev–Trinajstić information content (AvgIpc) is 2.84. The van der Waals surface area contributed by atoms with Crippen LogP contribution in [0.4, 0.5) is 16.0 Å². The normalized spacial score (nSPS) is 10.9. The van der Waals surface area contributed by atoms with E-state index in [1.54, 1.807) is 22.8 Å². The Labute approximate surface area is 197 Å². The van der Waals surface area contributed by atoms with Crippen LogP contribution in [0.15, 0.2) is 71.5 Å². The quantitative estimate of drug-likeness (QED) is 0.424. The Bertz CT molecular complexity index is 1380. The number of carbonyl (C=O) groups is 1. The van der Waals surface area contributed by atoms with Gasteiger partial charge in [0.15, 0.2) is 0 Å². The Hall–Kier alpha value is -4.00. The van der Waals surface area contributed by atoms with E-state index in [-0.39, 0.29) is 17.3 Å². The molecule has 0 radical (unpaired) electrons. The highest BCUT2D eigenvalue weighted by Crippen LogP contribution is 2.19. The lowest BCUT2D eigenvalue weighted by Gasteiger charge is -2.24. The molecule has 1 amide bonds. The van der Waals surface area contributed by atoms with Gasteiger partial charge in [0.05, 0.1) is 17.4 Å². The number of aryl methyl sites for hydroxylation is 1. The molecule has 0 saturated heterocycles. The van der Waals surface area contributed by atoms with Gasteiger partial charge in [-0.15, -0.1) is 0 Å². The zero-order valence-corrected chi connectivity index (χ0v) is 19.5. The minimum Gasteiger partial charge on any atom is -0.343 e. The van der Waals surface area contributed by atoms with E-state index in [9.17, 15) is 14.0 Å². The van der Waals surface area contributed by atoms with Gasteiger partial charge in [-0.3, -0.25) is 14.2 Å². The highest BCUT2D eigenvalue weighted by molar-refractivity contribution is 6.06. The van der Waals surface area contributed by atoms with Gasteiger partial charge in [0, 0.05) is 24.3 Å². The lowest BCUT2D eigenvalue weighted by molar-refractivity contribution is 0.102. The number of amides is 1. The van der Waals surface area contributed by atoms with Gasteiger partial charge in [-0.25, -0.2) is 9.37 Å². The van der Waals surface area contributed by atoms with Crippen molar-refractivity contribution in [3.8, 4) is 0 Å². The summed E-state index contributed by atoms with van der Waals surface area (Å²) in [7, 11) is 0. The number of nitrogens with one attached hydrogen (secondary N) is 1. The van der Waals surface area contributed by atoms with Crippen LogP contribution in [-0.2, 0) is 6.54 Å². The number of nitrogens with zero attached hydrogens (tertiary/aromatic N) is 3. The fourth-order valence-electron chi connectivity index (χ4n) is 3.85. The van der Waals surface area contributed by atoms with Gasteiger partial charge >= 0.3 is 0 Å². The van der Waals surface area contributed by atoms with Gasteiger partial charge in [0.2, 0.25) is 5.95 Å². The molecule has 0 unspecified atom stereocenters. The summed E-state index contributed by atoms with van der Waals surface area (Å²) in [6.45, 7) is 7.84. The van der Waals surface area contributed by atoms with E-state index < -0.39 is 0 Å². The monoisotopic (exact) mass is 458 g/mol. The van der Waals surface area contributed by atoms with Gasteiger partial charge in [-0.05, 0) is 68.8 Å². The van der Waals surface area contributed by atoms with Gasteiger partial charge in [-0.2, -0.15) is 0 Å². The zero-order chi connectivity index (χ0) is 24.2. The van der Waals surface area contributed by atoms with E-state index in [4.69, 9.17) is 4.98 Å². The molecule has 3 aromatic carbocycles. The van der Waals surface area contributed by atoms with Crippen molar-refractivity contribution in [2.75, 3.05) is 23.3 Å². The van der Waals surface area contributed by atoms with Gasteiger partial charge in [0.1, 0.15) is 5.82 Å². The first-order valence-corrected chi connectivity index (χ1v) is 11.3. The molecular formula is C27H27FN4O2. The Morgan fingerprint density at radius 1 is 1.00 bits per heavy atom. The molecule has 0 fully saturated rings. The fourth-order valence-corrected chi connectivity index (χ4v) is 3.85. The first kappa shape index (κ1) is 23.2. The van der Waals surface area contributed by atoms with Crippen molar-refractivity contribution >= 4 is 28.4 Å². The molecule has 34 heavy (non-hydrogen) atoms. The third kappa shape index (κ3) is 4.83. The van der Waals surface area contributed by atoms with Crippen LogP contribution in [0.3, 0.4) is 0 Å². The maximum absolute atomic E-state index is 13.5. The first-order valence-electron chi connectivity index (χ1n) is 11.3. The molecule has 0 aliphatic rings. The Kier molecular flexibility index (Phi) is 6.72. The Morgan fingerprint density at radius 2 is 1.68 bits per heavy atom. The molecule has 174 valence electrons. The van der Waals surface area contributed by atoms with Gasteiger partial charge < -0.3 is 10.2 Å². The number of carbonyl (C=O) groups excluding carboxylic acids is 1. The van der Waals surface area contributed by atoms with Crippen LogP contribution in [0.2, 0.25) is 0 Å². The lowest BCUT2D eigenvalue weighted by atomic mass is 10.1. The number of aromatic nitrogens is 2. The Morgan fingerprint density at radius 3 is 2.32 bits per heavy atom. The molecule has 0 atom stereocenters. The van der Waals surface area contributed by atoms with Crippen LogP contribution in [0.5, 0.6) is 0 Å². The molecule has 1 N–H and O–H groups in total. The molecule has 0 spiro atoms. The van der Waals surface area contributed by atoms with E-state index in [2.05, 4.69) is 5.32 Å². The van der Waals surface area contributed by atoms with Crippen LogP contribution in [0.25, 0.3) is 10.9 Å². The van der Waals surface area contributed by atoms with Crippen molar-refractivity contribution in [3.63, 3.8) is 0 Å². The average molecular weight is 459 g/mol. The van der Waals surface area contributed by atoms with Crippen molar-refractivity contribution in [2.45, 2.75) is 27.3 Å². The number of halogens is 1.